The highest BCUT2D eigenvalue weighted by atomic mass is 35.5. The van der Waals surface area contributed by atoms with E-state index in [1.807, 2.05) is 18.2 Å². The van der Waals surface area contributed by atoms with Gasteiger partial charge in [-0.1, -0.05) is 17.7 Å². The van der Waals surface area contributed by atoms with Crippen molar-refractivity contribution in [2.75, 3.05) is 0 Å². The van der Waals surface area contributed by atoms with Gasteiger partial charge in [-0.05, 0) is 37.3 Å². The van der Waals surface area contributed by atoms with Gasteiger partial charge in [0.1, 0.15) is 6.20 Å². The maximum absolute atomic E-state index is 5.94. The van der Waals surface area contributed by atoms with Gasteiger partial charge >= 0.3 is 0 Å². The van der Waals surface area contributed by atoms with Crippen molar-refractivity contribution in [3.8, 4) is 11.3 Å². The number of hydrogen-bond donors (Lipinski definition) is 0. The quantitative estimate of drug-likeness (QED) is 0.621. The van der Waals surface area contributed by atoms with Crippen LogP contribution in [-0.4, -0.2) is 4.57 Å². The number of aromatic nitrogens is 2. The number of nitrogens with zero attached hydrogens (tertiary/aromatic N) is 2. The van der Waals surface area contributed by atoms with Crippen LogP contribution < -0.4 is 4.40 Å². The molecule has 0 saturated heterocycles. The van der Waals surface area contributed by atoms with E-state index >= 15 is 0 Å². The predicted octanol–water partition coefficient (Wildman–Crippen LogP) is 3.57. The molecule has 0 unspecified atom stereocenters. The first kappa shape index (κ1) is 11.3. The highest BCUT2D eigenvalue weighted by Crippen LogP contribution is 2.22. The van der Waals surface area contributed by atoms with Crippen molar-refractivity contribution in [2.24, 2.45) is 0 Å². The van der Waals surface area contributed by atoms with Crippen LogP contribution in [0.1, 0.15) is 6.92 Å². The van der Waals surface area contributed by atoms with Crippen LogP contribution in [0.3, 0.4) is 0 Å². The average Bonchev–Trinajstić information content (AvgIpc) is 2.78. The van der Waals surface area contributed by atoms with Gasteiger partial charge in [-0.15, -0.1) is 0 Å². The number of rotatable bonds is 2. The first-order valence-electron chi connectivity index (χ1n) is 6.05. The van der Waals surface area contributed by atoms with Crippen molar-refractivity contribution in [2.45, 2.75) is 13.5 Å². The molecule has 0 aliphatic rings. The van der Waals surface area contributed by atoms with Gasteiger partial charge in [0, 0.05) is 16.7 Å². The van der Waals surface area contributed by atoms with Gasteiger partial charge in [0.05, 0.1) is 12.7 Å². The molecule has 2 heterocycles. The van der Waals surface area contributed by atoms with Crippen LogP contribution in [0.2, 0.25) is 5.02 Å². The molecule has 0 spiro atoms. The number of pyridine rings is 1. The Bertz CT molecular complexity index is 683. The maximum Gasteiger partial charge on any atom is 0.286 e. The van der Waals surface area contributed by atoms with Crippen LogP contribution in [0.25, 0.3) is 16.9 Å². The number of hydrogen-bond acceptors (Lipinski definition) is 0. The first-order valence-corrected chi connectivity index (χ1v) is 6.43. The third kappa shape index (κ3) is 1.79. The fourth-order valence-corrected chi connectivity index (χ4v) is 2.42. The van der Waals surface area contributed by atoms with E-state index in [0.717, 1.165) is 11.6 Å². The Labute approximate surface area is 111 Å². The monoisotopic (exact) mass is 257 g/mol. The van der Waals surface area contributed by atoms with Gasteiger partial charge in [-0.25, -0.2) is 8.97 Å². The molecule has 0 radical (unpaired) electrons. The molecule has 0 bridgehead atoms. The molecule has 0 saturated carbocycles. The molecule has 1 aromatic carbocycles. The molecule has 0 atom stereocenters. The summed E-state index contributed by atoms with van der Waals surface area (Å²) in [5.74, 6) is 0. The molecule has 18 heavy (non-hydrogen) atoms. The van der Waals surface area contributed by atoms with E-state index in [1.165, 1.54) is 16.9 Å². The lowest BCUT2D eigenvalue weighted by molar-refractivity contribution is -0.510. The lowest BCUT2D eigenvalue weighted by Gasteiger charge is -1.99. The minimum absolute atomic E-state index is 0.769. The van der Waals surface area contributed by atoms with Crippen molar-refractivity contribution >= 4 is 17.2 Å². The van der Waals surface area contributed by atoms with Crippen molar-refractivity contribution in [3.63, 3.8) is 0 Å². The topological polar surface area (TPSA) is 9.03 Å². The second-order valence-electron chi connectivity index (χ2n) is 4.23. The number of imidazole rings is 1. The van der Waals surface area contributed by atoms with Gasteiger partial charge in [0.25, 0.3) is 5.65 Å². The van der Waals surface area contributed by atoms with Gasteiger partial charge in [-0.2, -0.15) is 0 Å². The second-order valence-corrected chi connectivity index (χ2v) is 4.67. The lowest BCUT2D eigenvalue weighted by atomic mass is 10.2. The number of aryl methyl sites for hydroxylation is 1. The third-order valence-electron chi connectivity index (χ3n) is 3.15. The lowest BCUT2D eigenvalue weighted by Crippen LogP contribution is -2.17. The van der Waals surface area contributed by atoms with E-state index in [2.05, 4.69) is 52.6 Å². The normalized spacial score (nSPS) is 11.0. The van der Waals surface area contributed by atoms with Gasteiger partial charge < -0.3 is 0 Å². The van der Waals surface area contributed by atoms with E-state index in [1.54, 1.807) is 0 Å². The molecule has 3 rings (SSSR count). The molecule has 0 N–H and O–H groups in total. The van der Waals surface area contributed by atoms with E-state index in [0.29, 0.717) is 0 Å². The highest BCUT2D eigenvalue weighted by molar-refractivity contribution is 6.30. The van der Waals surface area contributed by atoms with Crippen molar-refractivity contribution in [1.29, 1.82) is 0 Å². The van der Waals surface area contributed by atoms with Crippen LogP contribution >= 0.6 is 11.6 Å². The smallest absolute Gasteiger partial charge is 0.223 e. The Morgan fingerprint density at radius 1 is 1.11 bits per heavy atom. The maximum atomic E-state index is 5.94. The zero-order chi connectivity index (χ0) is 12.5. The van der Waals surface area contributed by atoms with Gasteiger partial charge in [-0.3, -0.25) is 0 Å². The van der Waals surface area contributed by atoms with Gasteiger partial charge in [0.2, 0.25) is 0 Å². The zero-order valence-electron chi connectivity index (χ0n) is 10.2. The summed E-state index contributed by atoms with van der Waals surface area (Å²) in [5.41, 5.74) is 3.59. The van der Waals surface area contributed by atoms with Crippen LogP contribution in [0.4, 0.5) is 0 Å². The zero-order valence-corrected chi connectivity index (χ0v) is 10.9. The Morgan fingerprint density at radius 2 is 1.89 bits per heavy atom. The fraction of sp³-hybridized carbons (Fsp3) is 0.133. The SMILES string of the molecule is CCn1c(-c2ccc(Cl)cc2)c[n+]2ccccc12. The molecular weight excluding hydrogens is 244 g/mol. The van der Waals surface area contributed by atoms with Crippen LogP contribution in [0.15, 0.2) is 54.9 Å². The highest BCUT2D eigenvalue weighted by Gasteiger charge is 2.16. The van der Waals surface area contributed by atoms with Crippen molar-refractivity contribution in [3.05, 3.63) is 59.9 Å². The minimum Gasteiger partial charge on any atom is -0.223 e. The summed E-state index contributed by atoms with van der Waals surface area (Å²) in [6.45, 7) is 3.10. The molecule has 0 amide bonds. The third-order valence-corrected chi connectivity index (χ3v) is 3.40. The predicted molar refractivity (Wildman–Crippen MR) is 73.7 cm³/mol. The summed E-state index contributed by atoms with van der Waals surface area (Å²) in [6, 6.07) is 14.2. The minimum atomic E-state index is 0.769. The molecule has 0 fully saturated rings. The van der Waals surface area contributed by atoms with E-state index in [-0.39, 0.29) is 0 Å². The average molecular weight is 258 g/mol. The van der Waals surface area contributed by atoms with Crippen LogP contribution in [0, 0.1) is 0 Å². The number of halogens is 1. The molecular formula is C15H14ClN2+. The molecule has 0 aliphatic heterocycles. The van der Waals surface area contributed by atoms with E-state index in [9.17, 15) is 0 Å². The summed E-state index contributed by atoms with van der Waals surface area (Å²) in [5, 5.41) is 0.769. The molecule has 90 valence electrons. The summed E-state index contributed by atoms with van der Waals surface area (Å²) in [4.78, 5) is 0. The Morgan fingerprint density at radius 3 is 2.61 bits per heavy atom. The first-order chi connectivity index (χ1) is 8.79. The van der Waals surface area contributed by atoms with Gasteiger partial charge in [0.15, 0.2) is 5.69 Å². The fourth-order valence-electron chi connectivity index (χ4n) is 2.29. The molecule has 3 aromatic rings. The molecule has 2 aromatic heterocycles. The number of benzene rings is 1. The summed E-state index contributed by atoms with van der Waals surface area (Å²) in [6.07, 6.45) is 4.23. The summed E-state index contributed by atoms with van der Waals surface area (Å²) < 4.78 is 4.44. The second kappa shape index (κ2) is 4.46. The Balaban J connectivity index is 2.25. The summed E-state index contributed by atoms with van der Waals surface area (Å²) >= 11 is 5.94. The van der Waals surface area contributed by atoms with E-state index in [4.69, 9.17) is 11.6 Å². The standard InChI is InChI=1S/C15H14ClN2/c1-2-18-14(12-6-8-13(16)9-7-12)11-17-10-4-3-5-15(17)18/h3-11H,2H2,1H3/q+1. The number of fused-ring (bicyclic) bond motifs is 1. The van der Waals surface area contributed by atoms with Crippen LogP contribution in [-0.2, 0) is 6.54 Å². The molecule has 2 nitrogen and oxygen atoms in total. The van der Waals surface area contributed by atoms with Crippen molar-refractivity contribution in [1.82, 2.24) is 4.57 Å². The Hall–Kier alpha value is -1.80. The molecule has 0 aliphatic carbocycles. The van der Waals surface area contributed by atoms with Crippen LogP contribution in [0.5, 0.6) is 0 Å². The van der Waals surface area contributed by atoms with Crippen molar-refractivity contribution < 1.29 is 4.40 Å². The van der Waals surface area contributed by atoms with E-state index < -0.39 is 0 Å². The summed E-state index contributed by atoms with van der Waals surface area (Å²) in [7, 11) is 0. The molecule has 3 heteroatoms. The Kier molecular flexibility index (Phi) is 2.80. The largest absolute Gasteiger partial charge is 0.286 e.